The Morgan fingerprint density at radius 3 is 2.00 bits per heavy atom. The molecular formula is C11H17N3O4. The summed E-state index contributed by atoms with van der Waals surface area (Å²) in [6.45, 7) is 3.87. The zero-order valence-electron chi connectivity index (χ0n) is 10.9. The fourth-order valence-electron chi connectivity index (χ4n) is 1.48. The second kappa shape index (κ2) is 6.13. The summed E-state index contributed by atoms with van der Waals surface area (Å²) in [5.41, 5.74) is 0. The minimum Gasteiger partial charge on any atom is -0.481 e. The second-order valence-corrected chi connectivity index (χ2v) is 4.19. The summed E-state index contributed by atoms with van der Waals surface area (Å²) in [7, 11) is 2.80. The lowest BCUT2D eigenvalue weighted by Gasteiger charge is -2.14. The van der Waals surface area contributed by atoms with Crippen molar-refractivity contribution < 1.29 is 19.4 Å². The molecule has 18 heavy (non-hydrogen) atoms. The topological polar surface area (TPSA) is 94.4 Å². The largest absolute Gasteiger partial charge is 0.481 e. The normalized spacial score (nSPS) is 12.3. The highest BCUT2D eigenvalue weighted by atomic mass is 16.5. The van der Waals surface area contributed by atoms with Crippen LogP contribution < -0.4 is 9.47 Å². The summed E-state index contributed by atoms with van der Waals surface area (Å²) >= 11 is 0. The molecule has 1 atom stereocenters. The fourth-order valence-corrected chi connectivity index (χ4v) is 1.48. The van der Waals surface area contributed by atoms with E-state index in [0.29, 0.717) is 6.42 Å². The van der Waals surface area contributed by atoms with Crippen molar-refractivity contribution in [3.8, 4) is 12.0 Å². The molecule has 0 aliphatic heterocycles. The average molecular weight is 255 g/mol. The SMILES string of the molecule is COc1nc(OC)nc(C(CC(C)C)C(=O)O)n1. The number of hydrogen-bond acceptors (Lipinski definition) is 6. The molecule has 1 rings (SSSR count). The Morgan fingerprint density at radius 1 is 1.17 bits per heavy atom. The van der Waals surface area contributed by atoms with Crippen LogP contribution in [-0.2, 0) is 4.79 Å². The first kappa shape index (κ1) is 14.1. The summed E-state index contributed by atoms with van der Waals surface area (Å²) in [5.74, 6) is -1.41. The van der Waals surface area contributed by atoms with Crippen molar-refractivity contribution >= 4 is 5.97 Å². The molecule has 0 aliphatic carbocycles. The Balaban J connectivity index is 3.14. The Bertz CT molecular complexity index is 400. The average Bonchev–Trinajstić information content (AvgIpc) is 2.34. The van der Waals surface area contributed by atoms with Crippen molar-refractivity contribution in [1.82, 2.24) is 15.0 Å². The van der Waals surface area contributed by atoms with Crippen LogP contribution in [0.15, 0.2) is 0 Å². The van der Waals surface area contributed by atoms with Gasteiger partial charge >= 0.3 is 18.0 Å². The Morgan fingerprint density at radius 2 is 1.67 bits per heavy atom. The van der Waals surface area contributed by atoms with Gasteiger partial charge in [0.1, 0.15) is 5.92 Å². The fraction of sp³-hybridized carbons (Fsp3) is 0.636. The molecular weight excluding hydrogens is 238 g/mol. The number of hydrogen-bond donors (Lipinski definition) is 1. The van der Waals surface area contributed by atoms with Crippen LogP contribution in [0.2, 0.25) is 0 Å². The van der Waals surface area contributed by atoms with Gasteiger partial charge in [0.15, 0.2) is 5.82 Å². The maximum absolute atomic E-state index is 11.3. The number of rotatable bonds is 6. The summed E-state index contributed by atoms with van der Waals surface area (Å²) in [6, 6.07) is 0.0960. The van der Waals surface area contributed by atoms with Gasteiger partial charge in [-0.3, -0.25) is 4.79 Å². The predicted molar refractivity (Wildman–Crippen MR) is 62.8 cm³/mol. The van der Waals surface area contributed by atoms with Crippen LogP contribution in [0.4, 0.5) is 0 Å². The van der Waals surface area contributed by atoms with Crippen molar-refractivity contribution in [1.29, 1.82) is 0 Å². The molecule has 7 nitrogen and oxygen atoms in total. The first-order valence-electron chi connectivity index (χ1n) is 5.54. The van der Waals surface area contributed by atoms with Crippen LogP contribution in [-0.4, -0.2) is 40.2 Å². The van der Waals surface area contributed by atoms with Gasteiger partial charge in [-0.25, -0.2) is 0 Å². The van der Waals surface area contributed by atoms with Crippen LogP contribution in [0.1, 0.15) is 32.0 Å². The van der Waals surface area contributed by atoms with Gasteiger partial charge in [-0.15, -0.1) is 4.98 Å². The summed E-state index contributed by atoms with van der Waals surface area (Å²) < 4.78 is 9.79. The van der Waals surface area contributed by atoms with E-state index in [9.17, 15) is 9.90 Å². The van der Waals surface area contributed by atoms with E-state index in [2.05, 4.69) is 15.0 Å². The van der Waals surface area contributed by atoms with Gasteiger partial charge in [-0.1, -0.05) is 13.8 Å². The molecule has 100 valence electrons. The molecule has 0 amide bonds. The standard InChI is InChI=1S/C11H17N3O4/c1-6(2)5-7(9(15)16)8-12-10(17-3)14-11(13-8)18-4/h6-7H,5H2,1-4H3,(H,15,16). The van der Waals surface area contributed by atoms with Gasteiger partial charge < -0.3 is 14.6 Å². The van der Waals surface area contributed by atoms with Crippen LogP contribution in [0, 0.1) is 5.92 Å². The van der Waals surface area contributed by atoms with E-state index in [1.807, 2.05) is 13.8 Å². The van der Waals surface area contributed by atoms with Crippen LogP contribution in [0.5, 0.6) is 12.0 Å². The molecule has 0 aromatic carbocycles. The first-order chi connectivity index (χ1) is 8.47. The first-order valence-corrected chi connectivity index (χ1v) is 5.54. The number of carbonyl (C=O) groups is 1. The Labute approximate surface area is 105 Å². The zero-order valence-corrected chi connectivity index (χ0v) is 10.9. The van der Waals surface area contributed by atoms with E-state index in [1.165, 1.54) is 14.2 Å². The molecule has 0 saturated heterocycles. The third kappa shape index (κ3) is 3.54. The van der Waals surface area contributed by atoms with Gasteiger partial charge in [0.2, 0.25) is 0 Å². The van der Waals surface area contributed by atoms with Crippen molar-refractivity contribution in [2.75, 3.05) is 14.2 Å². The highest BCUT2D eigenvalue weighted by Crippen LogP contribution is 2.23. The van der Waals surface area contributed by atoms with Gasteiger partial charge in [0.05, 0.1) is 14.2 Å². The molecule has 1 N–H and O–H groups in total. The minimum atomic E-state index is -0.973. The third-order valence-electron chi connectivity index (χ3n) is 2.29. The lowest BCUT2D eigenvalue weighted by atomic mass is 9.96. The van der Waals surface area contributed by atoms with E-state index in [4.69, 9.17) is 9.47 Å². The quantitative estimate of drug-likeness (QED) is 0.813. The van der Waals surface area contributed by atoms with Crippen LogP contribution in [0.3, 0.4) is 0 Å². The predicted octanol–water partition coefficient (Wildman–Crippen LogP) is 1.10. The maximum atomic E-state index is 11.3. The van der Waals surface area contributed by atoms with Crippen molar-refractivity contribution in [2.45, 2.75) is 26.2 Å². The number of carboxylic acids is 1. The number of aliphatic carboxylic acids is 1. The summed E-state index contributed by atoms with van der Waals surface area (Å²) in [6.07, 6.45) is 0.436. The molecule has 0 spiro atoms. The van der Waals surface area contributed by atoms with Gasteiger partial charge in [-0.2, -0.15) is 9.97 Å². The Kier molecular flexibility index (Phi) is 4.82. The number of nitrogens with zero attached hydrogens (tertiary/aromatic N) is 3. The van der Waals surface area contributed by atoms with E-state index in [1.54, 1.807) is 0 Å². The molecule has 7 heteroatoms. The van der Waals surface area contributed by atoms with Crippen molar-refractivity contribution in [3.63, 3.8) is 0 Å². The minimum absolute atomic E-state index is 0.0480. The number of ether oxygens (including phenoxy) is 2. The number of carboxylic acid groups (broad SMARTS) is 1. The summed E-state index contributed by atoms with van der Waals surface area (Å²) in [5, 5.41) is 9.22. The second-order valence-electron chi connectivity index (χ2n) is 4.19. The lowest BCUT2D eigenvalue weighted by Crippen LogP contribution is -2.18. The van der Waals surface area contributed by atoms with Crippen molar-refractivity contribution in [3.05, 3.63) is 5.82 Å². The molecule has 1 aromatic rings. The number of methoxy groups -OCH3 is 2. The third-order valence-corrected chi connectivity index (χ3v) is 2.29. The van der Waals surface area contributed by atoms with Gasteiger partial charge in [-0.05, 0) is 12.3 Å². The highest BCUT2D eigenvalue weighted by molar-refractivity contribution is 5.74. The molecule has 0 radical (unpaired) electrons. The van der Waals surface area contributed by atoms with Gasteiger partial charge in [0, 0.05) is 0 Å². The van der Waals surface area contributed by atoms with Crippen LogP contribution in [0.25, 0.3) is 0 Å². The molecule has 0 saturated carbocycles. The van der Waals surface area contributed by atoms with E-state index >= 15 is 0 Å². The number of aromatic nitrogens is 3. The molecule has 1 aromatic heterocycles. The smallest absolute Gasteiger partial charge is 0.322 e. The lowest BCUT2D eigenvalue weighted by molar-refractivity contribution is -0.139. The van der Waals surface area contributed by atoms with E-state index < -0.39 is 11.9 Å². The molecule has 0 bridgehead atoms. The summed E-state index contributed by atoms with van der Waals surface area (Å²) in [4.78, 5) is 23.0. The van der Waals surface area contributed by atoms with E-state index in [0.717, 1.165) is 0 Å². The Hall–Kier alpha value is -1.92. The molecule has 0 aliphatic rings. The monoisotopic (exact) mass is 255 g/mol. The highest BCUT2D eigenvalue weighted by Gasteiger charge is 2.26. The van der Waals surface area contributed by atoms with Crippen molar-refractivity contribution in [2.24, 2.45) is 5.92 Å². The van der Waals surface area contributed by atoms with E-state index in [-0.39, 0.29) is 23.8 Å². The zero-order chi connectivity index (χ0) is 13.7. The molecule has 1 heterocycles. The molecule has 0 fully saturated rings. The van der Waals surface area contributed by atoms with Crippen LogP contribution >= 0.6 is 0 Å². The maximum Gasteiger partial charge on any atom is 0.322 e. The molecule has 1 unspecified atom stereocenters. The van der Waals surface area contributed by atoms with Gasteiger partial charge in [0.25, 0.3) is 0 Å².